The number of ether oxygens (including phenoxy) is 2. The molecule has 0 aromatic rings. The highest BCUT2D eigenvalue weighted by Crippen LogP contribution is 2.87. The molecule has 0 aliphatic heterocycles. The van der Waals surface area contributed by atoms with Gasteiger partial charge in [0.25, 0.3) is 0 Å². The fourth-order valence-electron chi connectivity index (χ4n) is 10.8. The molecule has 4 fully saturated rings. The Morgan fingerprint density at radius 3 is 2.43 bits per heavy atom. The molecule has 0 radical (unpaired) electrons. The van der Waals surface area contributed by atoms with Crippen molar-refractivity contribution in [3.05, 3.63) is 12.2 Å². The van der Waals surface area contributed by atoms with Gasteiger partial charge in [0.1, 0.15) is 0 Å². The molecule has 1 spiro atoms. The average molecular weight is 517 g/mol. The molecule has 2 unspecified atom stereocenters. The molecule has 0 bridgehead atoms. The molecular formula is C33H56O4. The van der Waals surface area contributed by atoms with Crippen molar-refractivity contribution in [2.45, 2.75) is 131 Å². The molecule has 0 aromatic heterocycles. The van der Waals surface area contributed by atoms with Crippen molar-refractivity contribution in [2.75, 3.05) is 13.7 Å². The van der Waals surface area contributed by atoms with Crippen molar-refractivity contribution in [3.8, 4) is 0 Å². The van der Waals surface area contributed by atoms with E-state index in [1.807, 2.05) is 20.8 Å². The molecule has 37 heavy (non-hydrogen) atoms. The molecule has 9 atom stereocenters. The first-order valence-corrected chi connectivity index (χ1v) is 15.3. The quantitative estimate of drug-likeness (QED) is 0.225. The first-order valence-electron chi connectivity index (χ1n) is 15.3. The van der Waals surface area contributed by atoms with Gasteiger partial charge < -0.3 is 14.6 Å². The fraction of sp³-hybridized carbons (Fsp3) is 0.909. The summed E-state index contributed by atoms with van der Waals surface area (Å²) in [6.45, 7) is 21.0. The van der Waals surface area contributed by atoms with Crippen LogP contribution in [0.25, 0.3) is 0 Å². The van der Waals surface area contributed by atoms with Gasteiger partial charge >= 0.3 is 5.97 Å². The van der Waals surface area contributed by atoms with Crippen LogP contribution >= 0.6 is 0 Å². The standard InChI is InChI=1S/C33H56O4/c1-10-37-29(5,6)27(34)14-11-23(4)25-15-17-31(8)26-13-12-24(22(2)3)32(18-16-28(35)36-9)21-33(26,32)20-19-30(25,31)7/h23-27,34H,2,10-21H2,1,3-9H3/t23?,24-,25+,26-,27?,30+,31-,32+,33-/m0/s1. The zero-order chi connectivity index (χ0) is 27.4. The van der Waals surface area contributed by atoms with Crippen molar-refractivity contribution in [2.24, 2.45) is 45.3 Å². The molecule has 0 amide bonds. The highest BCUT2D eigenvalue weighted by atomic mass is 16.5. The molecule has 212 valence electrons. The Hall–Kier alpha value is -0.870. The molecule has 4 aliphatic rings. The minimum absolute atomic E-state index is 0.0599. The van der Waals surface area contributed by atoms with Crippen LogP contribution in [0.2, 0.25) is 0 Å². The SMILES string of the molecule is C=C(C)[C@@H]1CC[C@@H]2[C@]3(CC[C@]4(C)[C@@H](C(C)CCC(O)C(C)(C)OCC)CC[C@@]24C)C[C@]13CCC(=O)OC. The van der Waals surface area contributed by atoms with Crippen molar-refractivity contribution in [1.29, 1.82) is 0 Å². The lowest BCUT2D eigenvalue weighted by molar-refractivity contribution is -0.143. The zero-order valence-corrected chi connectivity index (χ0v) is 25.3. The Morgan fingerprint density at radius 1 is 1.11 bits per heavy atom. The predicted octanol–water partition coefficient (Wildman–Crippen LogP) is 7.73. The molecule has 0 heterocycles. The van der Waals surface area contributed by atoms with Crippen LogP contribution in [0.3, 0.4) is 0 Å². The van der Waals surface area contributed by atoms with E-state index in [1.54, 1.807) is 0 Å². The number of hydrogen-bond acceptors (Lipinski definition) is 4. The van der Waals surface area contributed by atoms with E-state index in [9.17, 15) is 9.90 Å². The Labute approximate surface area is 227 Å². The van der Waals surface area contributed by atoms with Crippen molar-refractivity contribution in [1.82, 2.24) is 0 Å². The van der Waals surface area contributed by atoms with Crippen LogP contribution in [0.5, 0.6) is 0 Å². The summed E-state index contributed by atoms with van der Waals surface area (Å²) in [5, 5.41) is 10.9. The Morgan fingerprint density at radius 2 is 1.81 bits per heavy atom. The molecule has 4 heteroatoms. The van der Waals surface area contributed by atoms with Gasteiger partial charge in [-0.3, -0.25) is 4.79 Å². The maximum Gasteiger partial charge on any atom is 0.305 e. The molecular weight excluding hydrogens is 460 g/mol. The van der Waals surface area contributed by atoms with Crippen molar-refractivity contribution >= 4 is 5.97 Å². The summed E-state index contributed by atoms with van der Waals surface area (Å²) in [5.74, 6) is 2.54. The summed E-state index contributed by atoms with van der Waals surface area (Å²) in [7, 11) is 1.52. The van der Waals surface area contributed by atoms with Crippen LogP contribution in [0, 0.1) is 45.3 Å². The maximum atomic E-state index is 12.2. The summed E-state index contributed by atoms with van der Waals surface area (Å²) < 4.78 is 10.9. The number of methoxy groups -OCH3 is 1. The second kappa shape index (κ2) is 9.95. The summed E-state index contributed by atoms with van der Waals surface area (Å²) in [6.07, 6.45) is 12.0. The summed E-state index contributed by atoms with van der Waals surface area (Å²) in [6, 6.07) is 0. The fourth-order valence-corrected chi connectivity index (χ4v) is 10.8. The molecule has 0 aromatic carbocycles. The topological polar surface area (TPSA) is 55.8 Å². The molecule has 4 rings (SSSR count). The second-order valence-corrected chi connectivity index (χ2v) is 14.7. The van der Waals surface area contributed by atoms with Crippen LogP contribution in [-0.2, 0) is 14.3 Å². The third-order valence-electron chi connectivity index (χ3n) is 13.0. The number of hydrogen-bond donors (Lipinski definition) is 1. The lowest BCUT2D eigenvalue weighted by Crippen LogP contribution is -2.54. The number of esters is 1. The zero-order valence-electron chi connectivity index (χ0n) is 25.3. The molecule has 1 N–H and O–H groups in total. The Balaban J connectivity index is 1.52. The Bertz CT molecular complexity index is 880. The van der Waals surface area contributed by atoms with E-state index < -0.39 is 11.7 Å². The normalized spacial score (nSPS) is 42.2. The lowest BCUT2D eigenvalue weighted by atomic mass is 9.43. The monoisotopic (exact) mass is 516 g/mol. The maximum absolute atomic E-state index is 12.2. The highest BCUT2D eigenvalue weighted by Gasteiger charge is 2.80. The lowest BCUT2D eigenvalue weighted by Gasteiger charge is -2.61. The van der Waals surface area contributed by atoms with Gasteiger partial charge in [-0.15, -0.1) is 0 Å². The minimum Gasteiger partial charge on any atom is -0.469 e. The number of aliphatic hydroxyl groups is 1. The van der Waals surface area contributed by atoms with Gasteiger partial charge in [0.2, 0.25) is 0 Å². The predicted molar refractivity (Wildman–Crippen MR) is 150 cm³/mol. The number of carbonyl (C=O) groups is 1. The van der Waals surface area contributed by atoms with Gasteiger partial charge in [-0.05, 0) is 137 Å². The number of fused-ring (bicyclic) bond motifs is 2. The van der Waals surface area contributed by atoms with Gasteiger partial charge in [0.15, 0.2) is 0 Å². The van der Waals surface area contributed by atoms with E-state index in [-0.39, 0.29) is 11.4 Å². The van der Waals surface area contributed by atoms with Crippen LogP contribution in [0.1, 0.15) is 119 Å². The third-order valence-corrected chi connectivity index (χ3v) is 13.0. The first-order chi connectivity index (χ1) is 17.2. The highest BCUT2D eigenvalue weighted by molar-refractivity contribution is 5.69. The Kier molecular flexibility index (Phi) is 7.83. The van der Waals surface area contributed by atoms with Gasteiger partial charge in [-0.2, -0.15) is 0 Å². The summed E-state index contributed by atoms with van der Waals surface area (Å²) >= 11 is 0. The number of rotatable bonds is 11. The molecule has 4 nitrogen and oxygen atoms in total. The smallest absolute Gasteiger partial charge is 0.305 e. The first kappa shape index (κ1) is 29.1. The third kappa shape index (κ3) is 4.35. The van der Waals surface area contributed by atoms with E-state index in [1.165, 1.54) is 57.6 Å². The van der Waals surface area contributed by atoms with Gasteiger partial charge in [-0.25, -0.2) is 0 Å². The molecule has 4 saturated carbocycles. The van der Waals surface area contributed by atoms with E-state index in [0.717, 1.165) is 25.2 Å². The van der Waals surface area contributed by atoms with Crippen LogP contribution < -0.4 is 0 Å². The van der Waals surface area contributed by atoms with Crippen molar-refractivity contribution in [3.63, 3.8) is 0 Å². The summed E-state index contributed by atoms with van der Waals surface area (Å²) in [4.78, 5) is 12.2. The molecule has 0 saturated heterocycles. The van der Waals surface area contributed by atoms with Crippen LogP contribution in [-0.4, -0.2) is 36.5 Å². The average Bonchev–Trinajstić information content (AvgIpc) is 3.43. The second-order valence-electron chi connectivity index (χ2n) is 14.7. The largest absolute Gasteiger partial charge is 0.469 e. The van der Waals surface area contributed by atoms with E-state index in [4.69, 9.17) is 9.47 Å². The van der Waals surface area contributed by atoms with Crippen LogP contribution in [0.4, 0.5) is 0 Å². The summed E-state index contributed by atoms with van der Waals surface area (Å²) in [5.41, 5.74) is 2.16. The van der Waals surface area contributed by atoms with E-state index >= 15 is 0 Å². The van der Waals surface area contributed by atoms with Crippen molar-refractivity contribution < 1.29 is 19.4 Å². The number of aliphatic hydroxyl groups excluding tert-OH is 1. The van der Waals surface area contributed by atoms with Gasteiger partial charge in [0.05, 0.1) is 18.8 Å². The van der Waals surface area contributed by atoms with Crippen LogP contribution in [0.15, 0.2) is 12.2 Å². The van der Waals surface area contributed by atoms with Gasteiger partial charge in [-0.1, -0.05) is 32.9 Å². The van der Waals surface area contributed by atoms with E-state index in [0.29, 0.717) is 47.0 Å². The number of carbonyl (C=O) groups excluding carboxylic acids is 1. The molecule has 4 aliphatic carbocycles. The minimum atomic E-state index is -0.485. The van der Waals surface area contributed by atoms with E-state index in [2.05, 4.69) is 34.3 Å². The number of allylic oxidation sites excluding steroid dienone is 1. The van der Waals surface area contributed by atoms with Gasteiger partial charge in [0, 0.05) is 13.0 Å².